The number of nitrogens with zero attached hydrogens (tertiary/aromatic N) is 4. The largest absolute Gasteiger partial charge is 0.481 e. The second-order valence-electron chi connectivity index (χ2n) is 4.32. The van der Waals surface area contributed by atoms with Crippen LogP contribution in [0, 0.1) is 5.92 Å². The number of carboxylic acid groups (broad SMARTS) is 1. The summed E-state index contributed by atoms with van der Waals surface area (Å²) in [5.74, 6) is -1.56. The number of hydrogen-bond donors (Lipinski definition) is 1. The number of tetrazole rings is 1. The fraction of sp³-hybridized carbons (Fsp3) is 0.778. The highest BCUT2D eigenvalue weighted by molar-refractivity contribution is 7.90. The first kappa shape index (κ1) is 14.6. The van der Waals surface area contributed by atoms with Crippen molar-refractivity contribution < 1.29 is 18.3 Å². The lowest BCUT2D eigenvalue weighted by Gasteiger charge is -2.18. The minimum atomic E-state index is -3.34. The zero-order chi connectivity index (χ0) is 14.1. The number of carboxylic acids is 1. The second-order valence-corrected chi connectivity index (χ2v) is 6.69. The normalized spacial score (nSPS) is 17.1. The molecular weight excluding hydrogens is 260 g/mol. The molecule has 0 amide bonds. The van der Waals surface area contributed by atoms with Gasteiger partial charge in [-0.1, -0.05) is 0 Å². The van der Waals surface area contributed by atoms with Gasteiger partial charge in [-0.3, -0.25) is 4.79 Å². The van der Waals surface area contributed by atoms with Crippen molar-refractivity contribution in [2.24, 2.45) is 5.92 Å². The maximum Gasteiger partial charge on any atom is 0.308 e. The van der Waals surface area contributed by atoms with Crippen molar-refractivity contribution in [2.75, 3.05) is 6.26 Å². The molecule has 0 aromatic carbocycles. The van der Waals surface area contributed by atoms with Crippen LogP contribution >= 0.6 is 0 Å². The maximum absolute atomic E-state index is 11.5. The van der Waals surface area contributed by atoms with Crippen molar-refractivity contribution in [2.45, 2.75) is 32.1 Å². The van der Waals surface area contributed by atoms with Crippen LogP contribution in [0.15, 0.2) is 0 Å². The van der Waals surface area contributed by atoms with E-state index in [0.29, 0.717) is 0 Å². The molecule has 1 aromatic heterocycles. The number of hydrogen-bond acceptors (Lipinski definition) is 6. The lowest BCUT2D eigenvalue weighted by molar-refractivity contribution is -0.142. The predicted molar refractivity (Wildman–Crippen MR) is 62.6 cm³/mol. The topological polar surface area (TPSA) is 115 Å². The molecule has 1 aromatic rings. The summed E-state index contributed by atoms with van der Waals surface area (Å²) in [6.45, 7) is 4.62. The van der Waals surface area contributed by atoms with Crippen LogP contribution in [0.25, 0.3) is 0 Å². The van der Waals surface area contributed by atoms with E-state index in [1.54, 1.807) is 6.92 Å². The second kappa shape index (κ2) is 5.01. The van der Waals surface area contributed by atoms with Crippen LogP contribution in [0.1, 0.15) is 37.9 Å². The van der Waals surface area contributed by atoms with Gasteiger partial charge in [0, 0.05) is 6.26 Å². The van der Waals surface area contributed by atoms with E-state index >= 15 is 0 Å². The van der Waals surface area contributed by atoms with Crippen LogP contribution in [-0.4, -0.2) is 46.0 Å². The van der Waals surface area contributed by atoms with Gasteiger partial charge in [-0.2, -0.15) is 0 Å². The van der Waals surface area contributed by atoms with Crippen LogP contribution in [0.4, 0.5) is 0 Å². The average Bonchev–Trinajstić information content (AvgIpc) is 2.73. The molecule has 8 nitrogen and oxygen atoms in total. The van der Waals surface area contributed by atoms with Crippen LogP contribution in [0.5, 0.6) is 0 Å². The van der Waals surface area contributed by atoms with Gasteiger partial charge < -0.3 is 5.11 Å². The Hall–Kier alpha value is -1.51. The SMILES string of the molecule is CC(C(=O)O)C(C)n1nnnc1C(C)S(C)(=O)=O. The van der Waals surface area contributed by atoms with Crippen LogP contribution < -0.4 is 0 Å². The summed E-state index contributed by atoms with van der Waals surface area (Å²) in [7, 11) is -3.34. The minimum Gasteiger partial charge on any atom is -0.481 e. The van der Waals surface area contributed by atoms with Crippen molar-refractivity contribution in [1.29, 1.82) is 0 Å². The minimum absolute atomic E-state index is 0.151. The Morgan fingerprint density at radius 2 is 1.89 bits per heavy atom. The Kier molecular flexibility index (Phi) is 4.05. The Morgan fingerprint density at radius 3 is 2.33 bits per heavy atom. The summed E-state index contributed by atoms with van der Waals surface area (Å²) < 4.78 is 24.2. The molecule has 0 spiro atoms. The van der Waals surface area contributed by atoms with Crippen molar-refractivity contribution in [3.8, 4) is 0 Å². The van der Waals surface area contributed by atoms with E-state index in [1.165, 1.54) is 18.5 Å². The number of carbonyl (C=O) groups is 1. The molecule has 0 aliphatic carbocycles. The third-order valence-electron chi connectivity index (χ3n) is 3.02. The van der Waals surface area contributed by atoms with Gasteiger partial charge in [0.15, 0.2) is 15.7 Å². The van der Waals surface area contributed by atoms with E-state index in [-0.39, 0.29) is 5.82 Å². The Labute approximate surface area is 105 Å². The summed E-state index contributed by atoms with van der Waals surface area (Å²) in [6, 6.07) is -0.531. The fourth-order valence-corrected chi connectivity index (χ4v) is 1.91. The van der Waals surface area contributed by atoms with E-state index in [0.717, 1.165) is 6.26 Å². The van der Waals surface area contributed by atoms with Gasteiger partial charge in [-0.05, 0) is 31.2 Å². The molecule has 1 rings (SSSR count). The van der Waals surface area contributed by atoms with E-state index < -0.39 is 33.0 Å². The summed E-state index contributed by atoms with van der Waals surface area (Å²) in [4.78, 5) is 10.9. The van der Waals surface area contributed by atoms with Gasteiger partial charge >= 0.3 is 5.97 Å². The Balaban J connectivity index is 3.14. The van der Waals surface area contributed by atoms with Crippen molar-refractivity contribution in [3.63, 3.8) is 0 Å². The lowest BCUT2D eigenvalue weighted by Crippen LogP contribution is -2.25. The average molecular weight is 276 g/mol. The van der Waals surface area contributed by atoms with E-state index in [9.17, 15) is 13.2 Å². The van der Waals surface area contributed by atoms with Gasteiger partial charge in [0.2, 0.25) is 0 Å². The third kappa shape index (κ3) is 2.84. The van der Waals surface area contributed by atoms with Crippen molar-refractivity contribution >= 4 is 15.8 Å². The molecule has 3 unspecified atom stereocenters. The first-order chi connectivity index (χ1) is 8.16. The van der Waals surface area contributed by atoms with Crippen LogP contribution in [-0.2, 0) is 14.6 Å². The van der Waals surface area contributed by atoms with Gasteiger partial charge in [0.1, 0.15) is 5.25 Å². The molecule has 18 heavy (non-hydrogen) atoms. The number of aromatic nitrogens is 4. The maximum atomic E-state index is 11.5. The smallest absolute Gasteiger partial charge is 0.308 e. The van der Waals surface area contributed by atoms with Crippen molar-refractivity contribution in [1.82, 2.24) is 20.2 Å². The monoisotopic (exact) mass is 276 g/mol. The molecular formula is C9H16N4O4S. The van der Waals surface area contributed by atoms with E-state index in [4.69, 9.17) is 5.11 Å². The summed E-state index contributed by atoms with van der Waals surface area (Å²) >= 11 is 0. The van der Waals surface area contributed by atoms with Gasteiger partial charge in [-0.25, -0.2) is 13.1 Å². The number of rotatable bonds is 5. The van der Waals surface area contributed by atoms with Crippen LogP contribution in [0.3, 0.4) is 0 Å². The summed E-state index contributed by atoms with van der Waals surface area (Å²) in [5.41, 5.74) is 0. The fourth-order valence-electron chi connectivity index (χ4n) is 1.37. The molecule has 0 aliphatic heterocycles. The quantitative estimate of drug-likeness (QED) is 0.808. The predicted octanol–water partition coefficient (Wildman–Crippen LogP) is 0.0604. The van der Waals surface area contributed by atoms with E-state index in [2.05, 4.69) is 15.5 Å². The molecule has 0 saturated heterocycles. The van der Waals surface area contributed by atoms with Crippen molar-refractivity contribution in [3.05, 3.63) is 5.82 Å². The standard InChI is InChI=1S/C9H16N4O4S/c1-5(9(14)15)6(2)13-8(10-11-12-13)7(3)18(4,16)17/h5-7H,1-4H3,(H,14,15). The molecule has 0 radical (unpaired) electrons. The molecule has 1 N–H and O–H groups in total. The molecule has 3 atom stereocenters. The summed E-state index contributed by atoms with van der Waals surface area (Å²) in [6.07, 6.45) is 1.09. The zero-order valence-corrected chi connectivity index (χ0v) is 11.4. The molecule has 1 heterocycles. The van der Waals surface area contributed by atoms with E-state index in [1.807, 2.05) is 0 Å². The van der Waals surface area contributed by atoms with Gasteiger partial charge in [0.05, 0.1) is 12.0 Å². The first-order valence-electron chi connectivity index (χ1n) is 5.35. The highest BCUT2D eigenvalue weighted by atomic mass is 32.2. The molecule has 9 heteroatoms. The lowest BCUT2D eigenvalue weighted by atomic mass is 10.0. The zero-order valence-electron chi connectivity index (χ0n) is 10.6. The first-order valence-corrected chi connectivity index (χ1v) is 7.31. The van der Waals surface area contributed by atoms with Gasteiger partial charge in [-0.15, -0.1) is 5.10 Å². The Bertz CT molecular complexity index is 539. The summed E-state index contributed by atoms with van der Waals surface area (Å²) in [5, 5.41) is 18.8. The number of aliphatic carboxylic acids is 1. The molecule has 0 bridgehead atoms. The molecule has 0 saturated carbocycles. The van der Waals surface area contributed by atoms with Gasteiger partial charge in [0.25, 0.3) is 0 Å². The number of sulfone groups is 1. The molecule has 102 valence electrons. The highest BCUT2D eigenvalue weighted by Gasteiger charge is 2.29. The van der Waals surface area contributed by atoms with Crippen LogP contribution in [0.2, 0.25) is 0 Å². The Morgan fingerprint density at radius 1 is 1.33 bits per heavy atom. The third-order valence-corrected chi connectivity index (χ3v) is 4.52. The molecule has 0 aliphatic rings. The molecule has 0 fully saturated rings. The highest BCUT2D eigenvalue weighted by Crippen LogP contribution is 2.24.